The van der Waals surface area contributed by atoms with Gasteiger partial charge in [0.05, 0.1) is 0 Å². The zero-order valence-corrected chi connectivity index (χ0v) is 14.6. The molecule has 0 unspecified atom stereocenters. The summed E-state index contributed by atoms with van der Waals surface area (Å²) in [6.07, 6.45) is 8.03. The highest BCUT2D eigenvalue weighted by atomic mass is 15.2. The van der Waals surface area contributed by atoms with E-state index in [2.05, 4.69) is 44.8 Å². The minimum atomic E-state index is 0.815. The summed E-state index contributed by atoms with van der Waals surface area (Å²) >= 11 is 0. The monoisotopic (exact) mass is 316 g/mol. The van der Waals surface area contributed by atoms with Crippen LogP contribution in [0.25, 0.3) is 0 Å². The first-order valence-electron chi connectivity index (χ1n) is 9.09. The Balaban J connectivity index is 1.50. The zero-order valence-electron chi connectivity index (χ0n) is 14.6. The maximum Gasteiger partial charge on any atom is 0.191 e. The molecule has 2 N–H and O–H groups in total. The van der Waals surface area contributed by atoms with E-state index in [1.807, 2.05) is 13.1 Å². The molecular formula is C19H32N4. The molecule has 0 saturated carbocycles. The Hall–Kier alpha value is -1.55. The molecule has 0 spiro atoms. The van der Waals surface area contributed by atoms with Crippen molar-refractivity contribution in [2.75, 3.05) is 33.2 Å². The molecule has 1 heterocycles. The highest BCUT2D eigenvalue weighted by Gasteiger charge is 2.08. The number of hydrogen-bond acceptors (Lipinski definition) is 2. The van der Waals surface area contributed by atoms with Gasteiger partial charge in [0.1, 0.15) is 0 Å². The maximum absolute atomic E-state index is 4.28. The normalized spacial score (nSPS) is 16.3. The van der Waals surface area contributed by atoms with Crippen LogP contribution in [-0.2, 0) is 6.54 Å². The predicted molar refractivity (Wildman–Crippen MR) is 98.8 cm³/mol. The predicted octanol–water partition coefficient (Wildman–Crippen LogP) is 3.01. The molecule has 0 amide bonds. The fourth-order valence-electron chi connectivity index (χ4n) is 3.03. The van der Waals surface area contributed by atoms with E-state index in [0.29, 0.717) is 0 Å². The van der Waals surface area contributed by atoms with E-state index in [0.717, 1.165) is 19.0 Å². The van der Waals surface area contributed by atoms with E-state index in [4.69, 9.17) is 0 Å². The molecular weight excluding hydrogens is 284 g/mol. The molecule has 1 aliphatic rings. The zero-order chi connectivity index (χ0) is 16.2. The lowest BCUT2D eigenvalue weighted by molar-refractivity contribution is 0.224. The first-order chi connectivity index (χ1) is 11.4. The van der Waals surface area contributed by atoms with Gasteiger partial charge < -0.3 is 15.5 Å². The quantitative estimate of drug-likeness (QED) is 0.440. The first kappa shape index (κ1) is 17.8. The first-order valence-corrected chi connectivity index (χ1v) is 9.09. The van der Waals surface area contributed by atoms with Crippen LogP contribution in [0.3, 0.4) is 0 Å². The van der Waals surface area contributed by atoms with Crippen molar-refractivity contribution in [3.8, 4) is 0 Å². The number of piperidine rings is 1. The van der Waals surface area contributed by atoms with Gasteiger partial charge >= 0.3 is 0 Å². The summed E-state index contributed by atoms with van der Waals surface area (Å²) in [6, 6.07) is 10.4. The summed E-state index contributed by atoms with van der Waals surface area (Å²) in [4.78, 5) is 6.90. The third-order valence-corrected chi connectivity index (χ3v) is 4.42. The van der Waals surface area contributed by atoms with Gasteiger partial charge in [0.15, 0.2) is 5.96 Å². The second-order valence-electron chi connectivity index (χ2n) is 6.30. The average Bonchev–Trinajstić information content (AvgIpc) is 2.62. The lowest BCUT2D eigenvalue weighted by atomic mass is 10.1. The summed E-state index contributed by atoms with van der Waals surface area (Å²) in [5, 5.41) is 6.76. The molecule has 0 radical (unpaired) electrons. The number of nitrogens with one attached hydrogen (secondary N) is 2. The van der Waals surface area contributed by atoms with Gasteiger partial charge in [-0.2, -0.15) is 0 Å². The fourth-order valence-corrected chi connectivity index (χ4v) is 3.03. The molecule has 128 valence electrons. The standard InChI is InChI=1S/C19H32N4/c1-20-19(22-17-18-11-5-2-6-12-18)21-13-7-3-8-14-23-15-9-4-10-16-23/h2,5-6,11-12H,3-4,7-10,13-17H2,1H3,(H2,20,21,22). The van der Waals surface area contributed by atoms with Gasteiger partial charge in [-0.3, -0.25) is 4.99 Å². The summed E-state index contributed by atoms with van der Waals surface area (Å²) in [6.45, 7) is 5.72. The second kappa shape index (κ2) is 11.1. The van der Waals surface area contributed by atoms with Crippen LogP contribution >= 0.6 is 0 Å². The van der Waals surface area contributed by atoms with Crippen molar-refractivity contribution in [2.24, 2.45) is 4.99 Å². The minimum absolute atomic E-state index is 0.815. The maximum atomic E-state index is 4.28. The second-order valence-corrected chi connectivity index (χ2v) is 6.30. The van der Waals surface area contributed by atoms with Gasteiger partial charge in [0.25, 0.3) is 0 Å². The van der Waals surface area contributed by atoms with Crippen LogP contribution in [-0.4, -0.2) is 44.1 Å². The molecule has 23 heavy (non-hydrogen) atoms. The lowest BCUT2D eigenvalue weighted by Crippen LogP contribution is -2.37. The Morgan fingerprint density at radius 1 is 1.00 bits per heavy atom. The third kappa shape index (κ3) is 7.51. The smallest absolute Gasteiger partial charge is 0.191 e. The highest BCUT2D eigenvalue weighted by molar-refractivity contribution is 5.79. The van der Waals surface area contributed by atoms with Crippen LogP contribution in [0, 0.1) is 0 Å². The molecule has 0 bridgehead atoms. The Labute approximate surface area is 141 Å². The summed E-state index contributed by atoms with van der Waals surface area (Å²) < 4.78 is 0. The number of unbranched alkanes of at least 4 members (excludes halogenated alkanes) is 2. The Morgan fingerprint density at radius 3 is 2.52 bits per heavy atom. The van der Waals surface area contributed by atoms with Crippen molar-refractivity contribution in [1.29, 1.82) is 0 Å². The molecule has 0 atom stereocenters. The fraction of sp³-hybridized carbons (Fsp3) is 0.632. The van der Waals surface area contributed by atoms with Crippen molar-refractivity contribution < 1.29 is 0 Å². The molecule has 2 rings (SSSR count). The molecule has 1 aliphatic heterocycles. The number of hydrogen-bond donors (Lipinski definition) is 2. The van der Waals surface area contributed by atoms with E-state index < -0.39 is 0 Å². The van der Waals surface area contributed by atoms with Crippen LogP contribution in [0.5, 0.6) is 0 Å². The van der Waals surface area contributed by atoms with E-state index in [-0.39, 0.29) is 0 Å². The van der Waals surface area contributed by atoms with Crippen molar-refractivity contribution in [1.82, 2.24) is 15.5 Å². The van der Waals surface area contributed by atoms with Gasteiger partial charge in [-0.05, 0) is 50.9 Å². The van der Waals surface area contributed by atoms with Crippen molar-refractivity contribution in [3.05, 3.63) is 35.9 Å². The largest absolute Gasteiger partial charge is 0.356 e. The molecule has 4 nitrogen and oxygen atoms in total. The van der Waals surface area contributed by atoms with Crippen LogP contribution < -0.4 is 10.6 Å². The molecule has 4 heteroatoms. The number of rotatable bonds is 8. The van der Waals surface area contributed by atoms with E-state index >= 15 is 0 Å². The number of nitrogens with zero attached hydrogens (tertiary/aromatic N) is 2. The third-order valence-electron chi connectivity index (χ3n) is 4.42. The van der Waals surface area contributed by atoms with E-state index in [1.54, 1.807) is 0 Å². The van der Waals surface area contributed by atoms with Crippen molar-refractivity contribution in [3.63, 3.8) is 0 Å². The van der Waals surface area contributed by atoms with E-state index in [9.17, 15) is 0 Å². The summed E-state index contributed by atoms with van der Waals surface area (Å²) in [5.41, 5.74) is 1.27. The molecule has 0 aromatic heterocycles. The van der Waals surface area contributed by atoms with Gasteiger partial charge in [-0.25, -0.2) is 0 Å². The highest BCUT2D eigenvalue weighted by Crippen LogP contribution is 2.09. The minimum Gasteiger partial charge on any atom is -0.356 e. The topological polar surface area (TPSA) is 39.7 Å². The molecule has 0 aliphatic carbocycles. The van der Waals surface area contributed by atoms with Crippen LogP contribution in [0.4, 0.5) is 0 Å². The Morgan fingerprint density at radius 2 is 1.78 bits per heavy atom. The van der Waals surface area contributed by atoms with Crippen LogP contribution in [0.15, 0.2) is 35.3 Å². The van der Waals surface area contributed by atoms with E-state index in [1.165, 1.54) is 63.7 Å². The van der Waals surface area contributed by atoms with Gasteiger partial charge in [-0.15, -0.1) is 0 Å². The van der Waals surface area contributed by atoms with Crippen LogP contribution in [0.2, 0.25) is 0 Å². The van der Waals surface area contributed by atoms with Crippen LogP contribution in [0.1, 0.15) is 44.1 Å². The lowest BCUT2D eigenvalue weighted by Gasteiger charge is -2.26. The van der Waals surface area contributed by atoms with Gasteiger partial charge in [-0.1, -0.05) is 43.2 Å². The number of likely N-dealkylation sites (tertiary alicyclic amines) is 1. The van der Waals surface area contributed by atoms with Crippen molar-refractivity contribution >= 4 is 5.96 Å². The molecule has 1 aromatic rings. The average molecular weight is 316 g/mol. The molecule has 1 fully saturated rings. The van der Waals surface area contributed by atoms with Crippen molar-refractivity contribution in [2.45, 2.75) is 45.1 Å². The SMILES string of the molecule is CN=C(NCCCCCN1CCCCC1)NCc1ccccc1. The Kier molecular flexibility index (Phi) is 8.56. The van der Waals surface area contributed by atoms with Gasteiger partial charge in [0, 0.05) is 20.1 Å². The molecule has 1 aromatic carbocycles. The molecule has 1 saturated heterocycles. The summed E-state index contributed by atoms with van der Waals surface area (Å²) in [5.74, 6) is 0.893. The number of guanidine groups is 1. The number of benzene rings is 1. The van der Waals surface area contributed by atoms with Gasteiger partial charge in [0.2, 0.25) is 0 Å². The summed E-state index contributed by atoms with van der Waals surface area (Å²) in [7, 11) is 1.83. The Bertz CT molecular complexity index is 438. The number of aliphatic imine (C=N–C) groups is 1.